The first kappa shape index (κ1) is 13.7. The molecule has 1 saturated carbocycles. The number of carboxylic acids is 1. The maximum atomic E-state index is 11.2. The number of piperidine rings is 1. The summed E-state index contributed by atoms with van der Waals surface area (Å²) in [6.07, 6.45) is 2.02. The van der Waals surface area contributed by atoms with Crippen LogP contribution in [-0.4, -0.2) is 29.1 Å². The zero-order valence-electron chi connectivity index (χ0n) is 12.2. The van der Waals surface area contributed by atoms with E-state index < -0.39 is 5.97 Å². The van der Waals surface area contributed by atoms with Gasteiger partial charge in [0.1, 0.15) is 11.5 Å². The summed E-state index contributed by atoms with van der Waals surface area (Å²) in [5.74, 6) is 2.95. The van der Waals surface area contributed by atoms with Gasteiger partial charge in [0.05, 0.1) is 12.5 Å². The molecule has 1 saturated heterocycles. The van der Waals surface area contributed by atoms with Gasteiger partial charge in [-0.2, -0.15) is 0 Å². The zero-order valence-corrected chi connectivity index (χ0v) is 12.2. The van der Waals surface area contributed by atoms with E-state index in [-0.39, 0.29) is 5.92 Å². The van der Waals surface area contributed by atoms with Crippen molar-refractivity contribution in [2.75, 3.05) is 13.1 Å². The third-order valence-corrected chi connectivity index (χ3v) is 4.62. The van der Waals surface area contributed by atoms with Gasteiger partial charge in [0, 0.05) is 19.0 Å². The van der Waals surface area contributed by atoms with E-state index in [9.17, 15) is 9.90 Å². The van der Waals surface area contributed by atoms with E-state index in [2.05, 4.69) is 30.9 Å². The summed E-state index contributed by atoms with van der Waals surface area (Å²) in [6.45, 7) is 6.70. The molecule has 0 bridgehead atoms. The molecule has 2 aliphatic rings. The highest BCUT2D eigenvalue weighted by molar-refractivity contribution is 5.70. The molecule has 0 radical (unpaired) electrons. The molecule has 4 atom stereocenters. The minimum atomic E-state index is -0.673. The molecule has 110 valence electrons. The first-order valence-electron chi connectivity index (χ1n) is 7.56. The van der Waals surface area contributed by atoms with Crippen LogP contribution in [-0.2, 0) is 11.3 Å². The Balaban J connectivity index is 1.61. The van der Waals surface area contributed by atoms with Gasteiger partial charge in [0.25, 0.3) is 0 Å². The normalized spacial score (nSPS) is 34.1. The van der Waals surface area contributed by atoms with Gasteiger partial charge >= 0.3 is 5.97 Å². The predicted octanol–water partition coefficient (Wildman–Crippen LogP) is 2.95. The van der Waals surface area contributed by atoms with Crippen molar-refractivity contribution in [3.63, 3.8) is 0 Å². The number of carbonyl (C=O) groups is 1. The largest absolute Gasteiger partial charge is 0.481 e. The first-order valence-corrected chi connectivity index (χ1v) is 7.56. The highest BCUT2D eigenvalue weighted by Gasteiger charge is 2.37. The fraction of sp³-hybridized carbons (Fsp3) is 0.688. The molecule has 4 nitrogen and oxygen atoms in total. The SMILES string of the molecule is CC1CC(C(=O)O)CN(Cc2ccc(C3CC3C)o2)C1. The van der Waals surface area contributed by atoms with Gasteiger partial charge in [-0.1, -0.05) is 13.8 Å². The summed E-state index contributed by atoms with van der Waals surface area (Å²) < 4.78 is 5.92. The van der Waals surface area contributed by atoms with Crippen molar-refractivity contribution in [2.45, 2.75) is 39.2 Å². The van der Waals surface area contributed by atoms with Gasteiger partial charge in [-0.05, 0) is 36.8 Å². The Morgan fingerprint density at radius 2 is 2.10 bits per heavy atom. The minimum Gasteiger partial charge on any atom is -0.481 e. The van der Waals surface area contributed by atoms with Crippen molar-refractivity contribution in [3.05, 3.63) is 23.7 Å². The second-order valence-corrected chi connectivity index (χ2v) is 6.69. The molecule has 0 spiro atoms. The van der Waals surface area contributed by atoms with Gasteiger partial charge in [-0.15, -0.1) is 0 Å². The highest BCUT2D eigenvalue weighted by atomic mass is 16.4. The lowest BCUT2D eigenvalue weighted by molar-refractivity contribution is -0.144. The standard InChI is InChI=1S/C16H23NO3/c1-10-5-12(16(18)19)8-17(7-10)9-13-3-4-15(20-13)14-6-11(14)2/h3-4,10-12,14H,5-9H2,1-2H3,(H,18,19). The molecule has 2 heterocycles. The summed E-state index contributed by atoms with van der Waals surface area (Å²) >= 11 is 0. The second-order valence-electron chi connectivity index (χ2n) is 6.69. The number of hydrogen-bond acceptors (Lipinski definition) is 3. The Morgan fingerprint density at radius 1 is 1.35 bits per heavy atom. The van der Waals surface area contributed by atoms with Crippen molar-refractivity contribution in [1.29, 1.82) is 0 Å². The van der Waals surface area contributed by atoms with Crippen LogP contribution >= 0.6 is 0 Å². The average molecular weight is 277 g/mol. The van der Waals surface area contributed by atoms with Crippen molar-refractivity contribution in [3.8, 4) is 0 Å². The van der Waals surface area contributed by atoms with E-state index in [1.807, 2.05) is 0 Å². The first-order chi connectivity index (χ1) is 9.52. The van der Waals surface area contributed by atoms with E-state index in [4.69, 9.17) is 4.42 Å². The maximum absolute atomic E-state index is 11.2. The molecule has 3 rings (SSSR count). The Bertz CT molecular complexity index is 496. The van der Waals surface area contributed by atoms with E-state index in [1.165, 1.54) is 6.42 Å². The fourth-order valence-corrected chi connectivity index (χ4v) is 3.39. The predicted molar refractivity (Wildman–Crippen MR) is 75.4 cm³/mol. The monoisotopic (exact) mass is 277 g/mol. The van der Waals surface area contributed by atoms with Crippen molar-refractivity contribution in [2.24, 2.45) is 17.8 Å². The molecule has 1 aliphatic carbocycles. The Morgan fingerprint density at radius 3 is 2.75 bits per heavy atom. The Labute approximate surface area is 119 Å². The lowest BCUT2D eigenvalue weighted by Gasteiger charge is -2.34. The number of rotatable bonds is 4. The van der Waals surface area contributed by atoms with Crippen molar-refractivity contribution in [1.82, 2.24) is 4.90 Å². The Kier molecular flexibility index (Phi) is 3.59. The molecule has 2 fully saturated rings. The molecule has 0 aromatic carbocycles. The van der Waals surface area contributed by atoms with Crippen LogP contribution in [0.15, 0.2) is 16.5 Å². The molecule has 4 heteroatoms. The van der Waals surface area contributed by atoms with Crippen molar-refractivity contribution < 1.29 is 14.3 Å². The van der Waals surface area contributed by atoms with Gasteiger partial charge in [0.15, 0.2) is 0 Å². The fourth-order valence-electron chi connectivity index (χ4n) is 3.39. The minimum absolute atomic E-state index is 0.239. The lowest BCUT2D eigenvalue weighted by atomic mass is 9.90. The van der Waals surface area contributed by atoms with E-state index in [1.54, 1.807) is 0 Å². The van der Waals surface area contributed by atoms with Crippen molar-refractivity contribution >= 4 is 5.97 Å². The van der Waals surface area contributed by atoms with Crippen LogP contribution in [0, 0.1) is 17.8 Å². The molecule has 4 unspecified atom stereocenters. The third-order valence-electron chi connectivity index (χ3n) is 4.62. The molecule has 20 heavy (non-hydrogen) atoms. The number of furan rings is 1. The summed E-state index contributed by atoms with van der Waals surface area (Å²) in [6, 6.07) is 4.14. The van der Waals surface area contributed by atoms with Crippen LogP contribution in [0.25, 0.3) is 0 Å². The lowest BCUT2D eigenvalue weighted by Crippen LogP contribution is -2.41. The molecular formula is C16H23NO3. The quantitative estimate of drug-likeness (QED) is 0.919. The number of nitrogens with zero attached hydrogens (tertiary/aromatic N) is 1. The molecule has 1 N–H and O–H groups in total. The summed E-state index contributed by atoms with van der Waals surface area (Å²) in [5.41, 5.74) is 0. The summed E-state index contributed by atoms with van der Waals surface area (Å²) in [5, 5.41) is 9.20. The number of likely N-dealkylation sites (tertiary alicyclic amines) is 1. The molecule has 1 aromatic rings. The Hall–Kier alpha value is -1.29. The van der Waals surface area contributed by atoms with Crippen LogP contribution < -0.4 is 0 Å². The number of hydrogen-bond donors (Lipinski definition) is 1. The molecular weight excluding hydrogens is 254 g/mol. The van der Waals surface area contributed by atoms with Crippen LogP contribution in [0.1, 0.15) is 44.1 Å². The van der Waals surface area contributed by atoms with E-state index >= 15 is 0 Å². The molecule has 0 amide bonds. The average Bonchev–Trinajstić information content (AvgIpc) is 2.93. The van der Waals surface area contributed by atoms with Crippen LogP contribution in [0.3, 0.4) is 0 Å². The van der Waals surface area contributed by atoms with Crippen LogP contribution in [0.4, 0.5) is 0 Å². The topological polar surface area (TPSA) is 53.7 Å². The van der Waals surface area contributed by atoms with Gasteiger partial charge in [-0.3, -0.25) is 9.69 Å². The smallest absolute Gasteiger partial charge is 0.307 e. The van der Waals surface area contributed by atoms with E-state index in [0.29, 0.717) is 18.4 Å². The van der Waals surface area contributed by atoms with E-state index in [0.717, 1.165) is 36.9 Å². The maximum Gasteiger partial charge on any atom is 0.307 e. The van der Waals surface area contributed by atoms with Gasteiger partial charge in [0.2, 0.25) is 0 Å². The number of aliphatic carboxylic acids is 1. The second kappa shape index (κ2) is 5.24. The zero-order chi connectivity index (χ0) is 14.3. The summed E-state index contributed by atoms with van der Waals surface area (Å²) in [7, 11) is 0. The molecule has 1 aliphatic heterocycles. The third kappa shape index (κ3) is 2.90. The summed E-state index contributed by atoms with van der Waals surface area (Å²) in [4.78, 5) is 13.4. The van der Waals surface area contributed by atoms with Crippen LogP contribution in [0.2, 0.25) is 0 Å². The molecule has 1 aromatic heterocycles. The highest BCUT2D eigenvalue weighted by Crippen LogP contribution is 2.47. The van der Waals surface area contributed by atoms with Gasteiger partial charge < -0.3 is 9.52 Å². The van der Waals surface area contributed by atoms with Gasteiger partial charge in [-0.25, -0.2) is 0 Å². The van der Waals surface area contributed by atoms with Crippen LogP contribution in [0.5, 0.6) is 0 Å². The number of carboxylic acid groups (broad SMARTS) is 1.